The minimum absolute atomic E-state index is 0.507. The average Bonchev–Trinajstić information content (AvgIpc) is 2.37. The number of carbonyl (C=O) groups excluding carboxylic acids is 1. The summed E-state index contributed by atoms with van der Waals surface area (Å²) in [5, 5.41) is 0. The lowest BCUT2D eigenvalue weighted by Crippen LogP contribution is -1.97. The number of carbonyl (C=O) groups is 1. The zero-order valence-electron chi connectivity index (χ0n) is 12.1. The Hall–Kier alpha value is -0.330. The van der Waals surface area contributed by atoms with Crippen molar-refractivity contribution in [3.63, 3.8) is 0 Å². The van der Waals surface area contributed by atoms with Crippen LogP contribution in [0.1, 0.15) is 96.3 Å². The fraction of sp³-hybridized carbons (Fsp3) is 0.882. The monoisotopic (exact) mass is 251 g/mol. The van der Waals surface area contributed by atoms with Gasteiger partial charge in [-0.1, -0.05) is 70.6 Å². The van der Waals surface area contributed by atoms with Gasteiger partial charge in [0.1, 0.15) is 5.78 Å². The number of Topliss-reactive ketones (excluding diaryl/α,β-unsaturated/α-hetero) is 1. The molecule has 1 rings (SSSR count). The molecular weight excluding hydrogens is 220 g/mol. The third-order valence-corrected chi connectivity index (χ3v) is 3.98. The Morgan fingerprint density at radius 1 is 0.556 bits per heavy atom. The van der Waals surface area contributed by atoms with E-state index in [0.29, 0.717) is 5.78 Å². The van der Waals surface area contributed by atoms with Crippen molar-refractivity contribution in [2.24, 2.45) is 0 Å². The summed E-state index contributed by atoms with van der Waals surface area (Å²) in [6.45, 7) is 0. The van der Waals surface area contributed by atoms with Gasteiger partial charge in [0, 0.05) is 12.8 Å². The first-order valence-electron chi connectivity index (χ1n) is 8.23. The maximum Gasteiger partial charge on any atom is 0.132 e. The fourth-order valence-corrected chi connectivity index (χ4v) is 2.73. The van der Waals surface area contributed by atoms with E-state index in [4.69, 9.17) is 0 Å². The molecule has 0 amide bonds. The quantitative estimate of drug-likeness (QED) is 0.545. The summed E-state index contributed by atoms with van der Waals surface area (Å²) in [7, 11) is 0. The average molecular weight is 251 g/mol. The topological polar surface area (TPSA) is 17.1 Å². The maximum absolute atomic E-state index is 11.6. The second kappa shape index (κ2) is 11.7. The largest absolute Gasteiger partial charge is 0.300 e. The summed E-state index contributed by atoms with van der Waals surface area (Å²) in [5.41, 5.74) is 0. The third-order valence-electron chi connectivity index (χ3n) is 3.98. The van der Waals surface area contributed by atoms with Crippen molar-refractivity contribution in [3.8, 4) is 0 Å². The highest BCUT2D eigenvalue weighted by atomic mass is 16.1. The second-order valence-corrected chi connectivity index (χ2v) is 5.79. The molecule has 0 atom stereocenters. The molecule has 0 saturated heterocycles. The minimum atomic E-state index is 0.507. The van der Waals surface area contributed by atoms with Crippen molar-refractivity contribution >= 4 is 5.78 Å². The van der Waals surface area contributed by atoms with Crippen LogP contribution in [0.15, 0.2) is 0 Å². The van der Waals surface area contributed by atoms with Gasteiger partial charge in [0.15, 0.2) is 0 Å². The molecule has 1 fully saturated rings. The van der Waals surface area contributed by atoms with Gasteiger partial charge in [0.05, 0.1) is 0 Å². The van der Waals surface area contributed by atoms with Crippen LogP contribution in [0.4, 0.5) is 0 Å². The molecule has 0 N–H and O–H groups in total. The van der Waals surface area contributed by atoms with Crippen molar-refractivity contribution in [3.05, 3.63) is 6.42 Å². The predicted octanol–water partition coefficient (Wildman–Crippen LogP) is 5.62. The Balaban J connectivity index is 2.11. The van der Waals surface area contributed by atoms with Crippen LogP contribution >= 0.6 is 0 Å². The molecule has 0 unspecified atom stereocenters. The molecule has 1 nitrogen and oxygen atoms in total. The number of ketones is 1. The van der Waals surface area contributed by atoms with E-state index in [0.717, 1.165) is 25.7 Å². The van der Waals surface area contributed by atoms with Crippen molar-refractivity contribution in [1.82, 2.24) is 0 Å². The highest BCUT2D eigenvalue weighted by molar-refractivity contribution is 5.78. The SMILES string of the molecule is O=C1CCCCCCC[CH]CCCCCCCC1. The molecule has 1 heteroatoms. The van der Waals surface area contributed by atoms with Crippen molar-refractivity contribution in [2.45, 2.75) is 96.3 Å². The van der Waals surface area contributed by atoms with Crippen LogP contribution in [0.2, 0.25) is 0 Å². The number of hydrogen-bond donors (Lipinski definition) is 0. The Morgan fingerprint density at radius 2 is 0.944 bits per heavy atom. The van der Waals surface area contributed by atoms with Gasteiger partial charge in [0.2, 0.25) is 0 Å². The van der Waals surface area contributed by atoms with Crippen molar-refractivity contribution in [1.29, 1.82) is 0 Å². The molecular formula is C17H31O. The van der Waals surface area contributed by atoms with Gasteiger partial charge in [0.25, 0.3) is 0 Å². The highest BCUT2D eigenvalue weighted by Gasteiger charge is 2.02. The summed E-state index contributed by atoms with van der Waals surface area (Å²) in [5.74, 6) is 0.507. The molecule has 0 aromatic heterocycles. The first kappa shape index (κ1) is 15.7. The van der Waals surface area contributed by atoms with Crippen LogP contribution in [0, 0.1) is 6.42 Å². The molecule has 0 aliphatic heterocycles. The number of hydrogen-bond acceptors (Lipinski definition) is 1. The smallest absolute Gasteiger partial charge is 0.132 e. The van der Waals surface area contributed by atoms with Gasteiger partial charge in [-0.3, -0.25) is 4.79 Å². The van der Waals surface area contributed by atoms with Gasteiger partial charge in [-0.2, -0.15) is 0 Å². The predicted molar refractivity (Wildman–Crippen MR) is 78.6 cm³/mol. The molecule has 1 radical (unpaired) electrons. The molecule has 0 aromatic carbocycles. The van der Waals surface area contributed by atoms with E-state index in [1.165, 1.54) is 70.6 Å². The summed E-state index contributed by atoms with van der Waals surface area (Å²) < 4.78 is 0. The summed E-state index contributed by atoms with van der Waals surface area (Å²) in [6.07, 6.45) is 21.0. The zero-order chi connectivity index (χ0) is 12.9. The Bertz CT molecular complexity index is 178. The lowest BCUT2D eigenvalue weighted by molar-refractivity contribution is -0.119. The van der Waals surface area contributed by atoms with Crippen LogP contribution < -0.4 is 0 Å². The second-order valence-electron chi connectivity index (χ2n) is 5.79. The van der Waals surface area contributed by atoms with E-state index in [1.54, 1.807) is 0 Å². The first-order chi connectivity index (χ1) is 8.89. The summed E-state index contributed by atoms with van der Waals surface area (Å²) in [6, 6.07) is 0. The van der Waals surface area contributed by atoms with E-state index in [2.05, 4.69) is 6.42 Å². The van der Waals surface area contributed by atoms with E-state index in [1.807, 2.05) is 0 Å². The lowest BCUT2D eigenvalue weighted by atomic mass is 10.0. The molecule has 0 aromatic rings. The molecule has 0 spiro atoms. The van der Waals surface area contributed by atoms with Crippen LogP contribution in [-0.4, -0.2) is 5.78 Å². The maximum atomic E-state index is 11.6. The molecule has 105 valence electrons. The molecule has 18 heavy (non-hydrogen) atoms. The minimum Gasteiger partial charge on any atom is -0.300 e. The van der Waals surface area contributed by atoms with E-state index in [9.17, 15) is 4.79 Å². The van der Waals surface area contributed by atoms with Gasteiger partial charge in [-0.25, -0.2) is 0 Å². The van der Waals surface area contributed by atoms with Crippen molar-refractivity contribution in [2.75, 3.05) is 0 Å². The van der Waals surface area contributed by atoms with E-state index >= 15 is 0 Å². The van der Waals surface area contributed by atoms with Gasteiger partial charge in [-0.05, 0) is 19.3 Å². The fourth-order valence-electron chi connectivity index (χ4n) is 2.73. The zero-order valence-corrected chi connectivity index (χ0v) is 12.1. The van der Waals surface area contributed by atoms with Crippen LogP contribution in [-0.2, 0) is 4.79 Å². The number of rotatable bonds is 0. The summed E-state index contributed by atoms with van der Waals surface area (Å²) in [4.78, 5) is 11.6. The first-order valence-corrected chi connectivity index (χ1v) is 8.23. The molecule has 1 aliphatic rings. The molecule has 0 bridgehead atoms. The Morgan fingerprint density at radius 3 is 1.44 bits per heavy atom. The lowest BCUT2D eigenvalue weighted by Gasteiger charge is -2.02. The van der Waals surface area contributed by atoms with Gasteiger partial charge in [-0.15, -0.1) is 0 Å². The van der Waals surface area contributed by atoms with Gasteiger partial charge < -0.3 is 0 Å². The molecule has 1 aliphatic carbocycles. The van der Waals surface area contributed by atoms with Crippen LogP contribution in [0.3, 0.4) is 0 Å². The molecule has 1 saturated carbocycles. The van der Waals surface area contributed by atoms with Crippen LogP contribution in [0.5, 0.6) is 0 Å². The van der Waals surface area contributed by atoms with E-state index in [-0.39, 0.29) is 0 Å². The summed E-state index contributed by atoms with van der Waals surface area (Å²) >= 11 is 0. The molecule has 0 heterocycles. The van der Waals surface area contributed by atoms with Crippen molar-refractivity contribution < 1.29 is 4.79 Å². The standard InChI is InChI=1S/C17H31O/c18-17-15-13-11-9-7-5-3-1-2-4-6-8-10-12-14-16-17/h1H,2-16H2. The normalized spacial score (nSPS) is 23.4. The van der Waals surface area contributed by atoms with Gasteiger partial charge >= 0.3 is 0 Å². The van der Waals surface area contributed by atoms with Crippen LogP contribution in [0.25, 0.3) is 0 Å². The third kappa shape index (κ3) is 9.67. The Labute approximate surface area is 114 Å². The van der Waals surface area contributed by atoms with E-state index < -0.39 is 0 Å². The Kier molecular flexibility index (Phi) is 10.3. The highest BCUT2D eigenvalue weighted by Crippen LogP contribution is 2.15.